The molecule has 0 aliphatic carbocycles. The Kier molecular flexibility index (Phi) is 3.28. The summed E-state index contributed by atoms with van der Waals surface area (Å²) in [5, 5.41) is 1.18. The van der Waals surface area contributed by atoms with Crippen LogP contribution >= 0.6 is 0 Å². The summed E-state index contributed by atoms with van der Waals surface area (Å²) in [6, 6.07) is 8.90. The summed E-state index contributed by atoms with van der Waals surface area (Å²) >= 11 is 0. The number of rotatable bonds is 2. The maximum Gasteiger partial charge on any atom is 0.0745 e. The van der Waals surface area contributed by atoms with Gasteiger partial charge in [-0.1, -0.05) is 25.1 Å². The Bertz CT molecular complexity index is 579. The Morgan fingerprint density at radius 1 is 1.32 bits per heavy atom. The van der Waals surface area contributed by atoms with E-state index in [-0.39, 0.29) is 0 Å². The second-order valence-electron chi connectivity index (χ2n) is 5.33. The number of pyridine rings is 1. The van der Waals surface area contributed by atoms with Crippen molar-refractivity contribution in [2.75, 3.05) is 17.2 Å². The predicted molar refractivity (Wildman–Crippen MR) is 81.4 cm³/mol. The van der Waals surface area contributed by atoms with E-state index in [1.807, 2.05) is 6.07 Å². The van der Waals surface area contributed by atoms with Gasteiger partial charge in [-0.05, 0) is 31.7 Å². The number of hydrogen-bond acceptors (Lipinski definition) is 3. The van der Waals surface area contributed by atoms with Crippen LogP contribution in [0, 0.1) is 0 Å². The number of fused-ring (bicyclic) bond motifs is 1. The van der Waals surface area contributed by atoms with Crippen molar-refractivity contribution in [3.63, 3.8) is 0 Å². The summed E-state index contributed by atoms with van der Waals surface area (Å²) in [5.41, 5.74) is 9.26. The van der Waals surface area contributed by atoms with Crippen LogP contribution in [0.2, 0.25) is 0 Å². The molecule has 2 aromatic rings. The first-order valence-electron chi connectivity index (χ1n) is 7.21. The minimum atomic E-state index is 0.613. The number of piperidine rings is 1. The van der Waals surface area contributed by atoms with E-state index in [0.717, 1.165) is 17.7 Å². The SMILES string of the molecule is CCC1CCCCN1c1c(N)cnc2ccccc12. The molecule has 1 atom stereocenters. The molecule has 2 N–H and O–H groups in total. The van der Waals surface area contributed by atoms with Gasteiger partial charge < -0.3 is 10.6 Å². The predicted octanol–water partition coefficient (Wildman–Crippen LogP) is 3.59. The van der Waals surface area contributed by atoms with Crippen molar-refractivity contribution >= 4 is 22.3 Å². The summed E-state index contributed by atoms with van der Waals surface area (Å²) in [7, 11) is 0. The Morgan fingerprint density at radius 2 is 2.16 bits per heavy atom. The molecule has 1 saturated heterocycles. The van der Waals surface area contributed by atoms with Gasteiger partial charge in [0.1, 0.15) is 0 Å². The number of aromatic nitrogens is 1. The molecule has 0 amide bonds. The molecule has 1 aromatic carbocycles. The maximum atomic E-state index is 6.23. The first-order valence-corrected chi connectivity index (χ1v) is 7.21. The van der Waals surface area contributed by atoms with Crippen LogP contribution in [0.25, 0.3) is 10.9 Å². The van der Waals surface area contributed by atoms with Crippen molar-refractivity contribution in [2.24, 2.45) is 0 Å². The molecule has 100 valence electrons. The average Bonchev–Trinajstić information content (AvgIpc) is 2.47. The third-order valence-electron chi connectivity index (χ3n) is 4.16. The molecule has 1 fully saturated rings. The standard InChI is InChI=1S/C16H21N3/c1-2-12-7-5-6-10-19(12)16-13-8-3-4-9-15(13)18-11-14(16)17/h3-4,8-9,11-12H,2,5-7,10,17H2,1H3. The van der Waals surface area contributed by atoms with Crippen LogP contribution < -0.4 is 10.6 Å². The molecular formula is C16H21N3. The molecule has 3 rings (SSSR count). The highest BCUT2D eigenvalue weighted by atomic mass is 15.2. The van der Waals surface area contributed by atoms with E-state index in [4.69, 9.17) is 5.73 Å². The second-order valence-corrected chi connectivity index (χ2v) is 5.33. The smallest absolute Gasteiger partial charge is 0.0745 e. The van der Waals surface area contributed by atoms with E-state index in [1.54, 1.807) is 6.20 Å². The summed E-state index contributed by atoms with van der Waals surface area (Å²) in [5.74, 6) is 0. The molecule has 0 radical (unpaired) electrons. The Morgan fingerprint density at radius 3 is 3.00 bits per heavy atom. The van der Waals surface area contributed by atoms with Crippen LogP contribution in [0.4, 0.5) is 11.4 Å². The minimum Gasteiger partial charge on any atom is -0.396 e. The van der Waals surface area contributed by atoms with Gasteiger partial charge in [-0.25, -0.2) is 0 Å². The molecule has 2 heterocycles. The summed E-state index contributed by atoms with van der Waals surface area (Å²) in [6.07, 6.45) is 6.84. The fraction of sp³-hybridized carbons (Fsp3) is 0.438. The fourth-order valence-corrected chi connectivity index (χ4v) is 3.18. The third-order valence-corrected chi connectivity index (χ3v) is 4.16. The van der Waals surface area contributed by atoms with Crippen LogP contribution in [0.15, 0.2) is 30.5 Å². The summed E-state index contributed by atoms with van der Waals surface area (Å²) in [4.78, 5) is 6.94. The van der Waals surface area contributed by atoms with E-state index < -0.39 is 0 Å². The van der Waals surface area contributed by atoms with Gasteiger partial charge in [0.2, 0.25) is 0 Å². The lowest BCUT2D eigenvalue weighted by atomic mass is 9.98. The van der Waals surface area contributed by atoms with E-state index in [1.165, 1.54) is 36.8 Å². The van der Waals surface area contributed by atoms with E-state index in [0.29, 0.717) is 6.04 Å². The van der Waals surface area contributed by atoms with E-state index in [9.17, 15) is 0 Å². The second kappa shape index (κ2) is 5.08. The highest BCUT2D eigenvalue weighted by Crippen LogP contribution is 2.36. The molecule has 19 heavy (non-hydrogen) atoms. The van der Waals surface area contributed by atoms with Crippen LogP contribution in [0.1, 0.15) is 32.6 Å². The number of nitrogens with zero attached hydrogens (tertiary/aromatic N) is 2. The molecule has 0 bridgehead atoms. The molecule has 3 nitrogen and oxygen atoms in total. The van der Waals surface area contributed by atoms with Crippen molar-refractivity contribution in [2.45, 2.75) is 38.6 Å². The topological polar surface area (TPSA) is 42.1 Å². The molecular weight excluding hydrogens is 234 g/mol. The maximum absolute atomic E-state index is 6.23. The number of benzene rings is 1. The minimum absolute atomic E-state index is 0.613. The van der Waals surface area contributed by atoms with Gasteiger partial charge in [0, 0.05) is 18.0 Å². The quantitative estimate of drug-likeness (QED) is 0.891. The lowest BCUT2D eigenvalue weighted by molar-refractivity contribution is 0.451. The van der Waals surface area contributed by atoms with Gasteiger partial charge in [-0.15, -0.1) is 0 Å². The number of nitrogen functional groups attached to an aromatic ring is 1. The van der Waals surface area contributed by atoms with Crippen LogP contribution in [-0.2, 0) is 0 Å². The Hall–Kier alpha value is -1.77. The van der Waals surface area contributed by atoms with Gasteiger partial charge in [0.25, 0.3) is 0 Å². The normalized spacial score (nSPS) is 19.8. The van der Waals surface area contributed by atoms with Gasteiger partial charge >= 0.3 is 0 Å². The van der Waals surface area contributed by atoms with E-state index in [2.05, 4.69) is 35.0 Å². The number of anilines is 2. The van der Waals surface area contributed by atoms with Gasteiger partial charge in [-0.3, -0.25) is 4.98 Å². The molecule has 0 spiro atoms. The van der Waals surface area contributed by atoms with Gasteiger partial charge in [0.05, 0.1) is 23.1 Å². The lowest BCUT2D eigenvalue weighted by Crippen LogP contribution is -2.39. The van der Waals surface area contributed by atoms with Crippen molar-refractivity contribution in [3.05, 3.63) is 30.5 Å². The molecule has 1 unspecified atom stereocenters. The largest absolute Gasteiger partial charge is 0.396 e. The molecule has 1 aliphatic rings. The molecule has 3 heteroatoms. The number of hydrogen-bond donors (Lipinski definition) is 1. The van der Waals surface area contributed by atoms with Crippen LogP contribution in [0.5, 0.6) is 0 Å². The van der Waals surface area contributed by atoms with Crippen molar-refractivity contribution in [1.29, 1.82) is 0 Å². The summed E-state index contributed by atoms with van der Waals surface area (Å²) < 4.78 is 0. The molecule has 1 aliphatic heterocycles. The zero-order valence-electron chi connectivity index (χ0n) is 11.5. The Balaban J connectivity index is 2.14. The highest BCUT2D eigenvalue weighted by Gasteiger charge is 2.24. The van der Waals surface area contributed by atoms with E-state index >= 15 is 0 Å². The Labute approximate surface area is 114 Å². The molecule has 1 aromatic heterocycles. The number of nitrogens with two attached hydrogens (primary N) is 1. The first kappa shape index (κ1) is 12.3. The summed E-state index contributed by atoms with van der Waals surface area (Å²) in [6.45, 7) is 3.37. The molecule has 0 saturated carbocycles. The van der Waals surface area contributed by atoms with Crippen molar-refractivity contribution in [1.82, 2.24) is 4.98 Å². The third kappa shape index (κ3) is 2.14. The van der Waals surface area contributed by atoms with Gasteiger partial charge in [0.15, 0.2) is 0 Å². The average molecular weight is 255 g/mol. The first-order chi connectivity index (χ1) is 9.31. The lowest BCUT2D eigenvalue weighted by Gasteiger charge is -2.38. The number of para-hydroxylation sites is 1. The van der Waals surface area contributed by atoms with Crippen molar-refractivity contribution in [3.8, 4) is 0 Å². The zero-order valence-corrected chi connectivity index (χ0v) is 11.5. The zero-order chi connectivity index (χ0) is 13.2. The fourth-order valence-electron chi connectivity index (χ4n) is 3.18. The van der Waals surface area contributed by atoms with Gasteiger partial charge in [-0.2, -0.15) is 0 Å². The highest BCUT2D eigenvalue weighted by molar-refractivity contribution is 5.97. The monoisotopic (exact) mass is 255 g/mol. The van der Waals surface area contributed by atoms with Crippen LogP contribution in [-0.4, -0.2) is 17.6 Å². The van der Waals surface area contributed by atoms with Crippen molar-refractivity contribution < 1.29 is 0 Å². The van der Waals surface area contributed by atoms with Crippen LogP contribution in [0.3, 0.4) is 0 Å².